The number of rotatable bonds is 8. The van der Waals surface area contributed by atoms with Crippen LogP contribution >= 0.6 is 15.9 Å². The number of aryl methyl sites for hydroxylation is 1. The van der Waals surface area contributed by atoms with E-state index in [0.717, 1.165) is 31.9 Å². The Balaban J connectivity index is 2.44. The van der Waals surface area contributed by atoms with E-state index in [2.05, 4.69) is 44.9 Å². The Hall–Kier alpha value is -0.460. The summed E-state index contributed by atoms with van der Waals surface area (Å²) in [5.41, 5.74) is 0. The minimum Gasteiger partial charge on any atom is -0.383 e. The Bertz CT molecular complexity index is 318. The predicted molar refractivity (Wildman–Crippen MR) is 71.2 cm³/mol. The van der Waals surface area contributed by atoms with Crippen molar-refractivity contribution in [1.29, 1.82) is 0 Å². The maximum absolute atomic E-state index is 5.10. The molecule has 0 spiro atoms. The fourth-order valence-electron chi connectivity index (χ4n) is 1.69. The van der Waals surface area contributed by atoms with Crippen LogP contribution in [0.25, 0.3) is 0 Å². The molecule has 0 bridgehead atoms. The topological polar surface area (TPSA) is 43.2 Å². The van der Waals surface area contributed by atoms with E-state index in [-0.39, 0.29) is 0 Å². The van der Waals surface area contributed by atoms with E-state index in [0.29, 0.717) is 11.4 Å². The van der Waals surface area contributed by atoms with Crippen molar-refractivity contribution in [3.8, 4) is 0 Å². The van der Waals surface area contributed by atoms with Crippen molar-refractivity contribution in [3.05, 3.63) is 12.2 Å². The molecule has 0 saturated heterocycles. The number of alkyl halides is 1. The molecule has 17 heavy (non-hydrogen) atoms. The van der Waals surface area contributed by atoms with E-state index in [1.807, 2.05) is 4.68 Å². The Kier molecular flexibility index (Phi) is 6.69. The SMILES string of the molecule is CCCn1ncnc1CN(C)CC(Br)COC. The molecule has 1 atom stereocenters. The van der Waals surface area contributed by atoms with Gasteiger partial charge in [-0.1, -0.05) is 22.9 Å². The molecule has 1 rings (SSSR count). The Morgan fingerprint density at radius 2 is 2.35 bits per heavy atom. The highest BCUT2D eigenvalue weighted by Crippen LogP contribution is 2.06. The molecular formula is C11H21BrN4O. The molecule has 0 aliphatic heterocycles. The summed E-state index contributed by atoms with van der Waals surface area (Å²) in [6.07, 6.45) is 2.70. The number of ether oxygens (including phenoxy) is 1. The lowest BCUT2D eigenvalue weighted by Gasteiger charge is -2.19. The molecule has 0 fully saturated rings. The quantitative estimate of drug-likeness (QED) is 0.683. The zero-order valence-electron chi connectivity index (χ0n) is 10.8. The van der Waals surface area contributed by atoms with Crippen LogP contribution in [0.1, 0.15) is 19.2 Å². The van der Waals surface area contributed by atoms with Crippen LogP contribution in [0.5, 0.6) is 0 Å². The molecule has 0 aliphatic rings. The zero-order valence-corrected chi connectivity index (χ0v) is 12.4. The number of aromatic nitrogens is 3. The Labute approximate surface area is 111 Å². The highest BCUT2D eigenvalue weighted by molar-refractivity contribution is 9.09. The Morgan fingerprint density at radius 3 is 3.00 bits per heavy atom. The van der Waals surface area contributed by atoms with Gasteiger partial charge in [0.05, 0.1) is 18.0 Å². The minimum absolute atomic E-state index is 0.347. The van der Waals surface area contributed by atoms with Gasteiger partial charge in [0.25, 0.3) is 0 Å². The maximum Gasteiger partial charge on any atom is 0.140 e. The third kappa shape index (κ3) is 5.14. The van der Waals surface area contributed by atoms with Gasteiger partial charge in [0.15, 0.2) is 0 Å². The van der Waals surface area contributed by atoms with Gasteiger partial charge >= 0.3 is 0 Å². The van der Waals surface area contributed by atoms with Gasteiger partial charge < -0.3 is 4.74 Å². The molecule has 1 aromatic rings. The van der Waals surface area contributed by atoms with Crippen LogP contribution in [0.3, 0.4) is 0 Å². The van der Waals surface area contributed by atoms with Crippen molar-refractivity contribution < 1.29 is 4.74 Å². The molecule has 0 aliphatic carbocycles. The molecule has 1 aromatic heterocycles. The molecule has 0 amide bonds. The lowest BCUT2D eigenvalue weighted by molar-refractivity contribution is 0.183. The molecule has 0 radical (unpaired) electrons. The van der Waals surface area contributed by atoms with Crippen molar-refractivity contribution in [2.75, 3.05) is 27.3 Å². The van der Waals surface area contributed by atoms with Crippen LogP contribution in [0.2, 0.25) is 0 Å². The van der Waals surface area contributed by atoms with Gasteiger partial charge in [0, 0.05) is 20.2 Å². The molecule has 0 aromatic carbocycles. The number of nitrogens with zero attached hydrogens (tertiary/aromatic N) is 4. The Morgan fingerprint density at radius 1 is 1.59 bits per heavy atom. The van der Waals surface area contributed by atoms with Crippen LogP contribution in [-0.2, 0) is 17.8 Å². The second-order valence-electron chi connectivity index (χ2n) is 4.15. The molecule has 1 heterocycles. The number of hydrogen-bond acceptors (Lipinski definition) is 4. The molecule has 98 valence electrons. The van der Waals surface area contributed by atoms with Crippen molar-refractivity contribution in [2.24, 2.45) is 0 Å². The second kappa shape index (κ2) is 7.79. The number of methoxy groups -OCH3 is 1. The molecular weight excluding hydrogens is 284 g/mol. The summed E-state index contributed by atoms with van der Waals surface area (Å²) >= 11 is 3.58. The normalized spacial score (nSPS) is 13.2. The monoisotopic (exact) mass is 304 g/mol. The lowest BCUT2D eigenvalue weighted by Crippen LogP contribution is -2.29. The fourth-order valence-corrected chi connectivity index (χ4v) is 2.45. The molecule has 0 N–H and O–H groups in total. The van der Waals surface area contributed by atoms with E-state index >= 15 is 0 Å². The van der Waals surface area contributed by atoms with Crippen LogP contribution in [-0.4, -0.2) is 51.8 Å². The summed E-state index contributed by atoms with van der Waals surface area (Å²) in [7, 11) is 3.79. The molecule has 0 saturated carbocycles. The van der Waals surface area contributed by atoms with Crippen molar-refractivity contribution >= 4 is 15.9 Å². The number of hydrogen-bond donors (Lipinski definition) is 0. The summed E-state index contributed by atoms with van der Waals surface area (Å²) in [6, 6.07) is 0. The zero-order chi connectivity index (χ0) is 12.7. The van der Waals surface area contributed by atoms with Gasteiger partial charge in [0.2, 0.25) is 0 Å². The van der Waals surface area contributed by atoms with E-state index in [4.69, 9.17) is 4.74 Å². The van der Waals surface area contributed by atoms with Crippen LogP contribution in [0.4, 0.5) is 0 Å². The summed E-state index contributed by atoms with van der Waals surface area (Å²) in [4.78, 5) is 6.86. The summed E-state index contributed by atoms with van der Waals surface area (Å²) < 4.78 is 7.06. The van der Waals surface area contributed by atoms with E-state index in [9.17, 15) is 0 Å². The second-order valence-corrected chi connectivity index (χ2v) is 5.44. The summed E-state index contributed by atoms with van der Waals surface area (Å²) in [6.45, 7) is 5.52. The smallest absolute Gasteiger partial charge is 0.140 e. The number of halogens is 1. The fraction of sp³-hybridized carbons (Fsp3) is 0.818. The summed E-state index contributed by atoms with van der Waals surface area (Å²) in [5, 5.41) is 4.22. The van der Waals surface area contributed by atoms with E-state index in [1.165, 1.54) is 0 Å². The first kappa shape index (κ1) is 14.6. The van der Waals surface area contributed by atoms with Crippen molar-refractivity contribution in [1.82, 2.24) is 19.7 Å². The van der Waals surface area contributed by atoms with Crippen LogP contribution in [0.15, 0.2) is 6.33 Å². The van der Waals surface area contributed by atoms with Crippen LogP contribution in [0, 0.1) is 0 Å². The maximum atomic E-state index is 5.10. The van der Waals surface area contributed by atoms with E-state index < -0.39 is 0 Å². The van der Waals surface area contributed by atoms with Gasteiger partial charge in [0.1, 0.15) is 12.2 Å². The van der Waals surface area contributed by atoms with Gasteiger partial charge in [-0.25, -0.2) is 9.67 Å². The first-order valence-electron chi connectivity index (χ1n) is 5.85. The average Bonchev–Trinajstić information content (AvgIpc) is 2.66. The standard InChI is InChI=1S/C11H21BrN4O/c1-4-5-16-11(13-9-14-16)7-15(2)6-10(12)8-17-3/h9-10H,4-8H2,1-3H3. The van der Waals surface area contributed by atoms with E-state index in [1.54, 1.807) is 13.4 Å². The van der Waals surface area contributed by atoms with Crippen molar-refractivity contribution in [3.63, 3.8) is 0 Å². The molecule has 1 unspecified atom stereocenters. The molecule has 6 heteroatoms. The third-order valence-electron chi connectivity index (χ3n) is 2.40. The van der Waals surface area contributed by atoms with Crippen LogP contribution < -0.4 is 0 Å². The molecule has 5 nitrogen and oxygen atoms in total. The first-order valence-corrected chi connectivity index (χ1v) is 6.77. The van der Waals surface area contributed by atoms with Gasteiger partial charge in [-0.2, -0.15) is 5.10 Å². The highest BCUT2D eigenvalue weighted by atomic mass is 79.9. The van der Waals surface area contributed by atoms with Gasteiger partial charge in [-0.05, 0) is 13.5 Å². The lowest BCUT2D eigenvalue weighted by atomic mass is 10.4. The predicted octanol–water partition coefficient (Wildman–Crippen LogP) is 1.53. The minimum atomic E-state index is 0.347. The van der Waals surface area contributed by atoms with Crippen molar-refractivity contribution in [2.45, 2.75) is 31.3 Å². The van der Waals surface area contributed by atoms with Gasteiger partial charge in [-0.15, -0.1) is 0 Å². The third-order valence-corrected chi connectivity index (χ3v) is 2.95. The first-order chi connectivity index (χ1) is 8.17. The largest absolute Gasteiger partial charge is 0.383 e. The summed E-state index contributed by atoms with van der Waals surface area (Å²) in [5.74, 6) is 1.02. The average molecular weight is 305 g/mol. The highest BCUT2D eigenvalue weighted by Gasteiger charge is 2.11. The van der Waals surface area contributed by atoms with Gasteiger partial charge in [-0.3, -0.25) is 4.90 Å².